The first-order valence-electron chi connectivity index (χ1n) is 25.9. The van der Waals surface area contributed by atoms with Gasteiger partial charge in [-0.3, -0.25) is 0 Å². The second-order valence-corrected chi connectivity index (χ2v) is 23.4. The number of hydrogen-bond donors (Lipinski definition) is 2. The first-order chi connectivity index (χ1) is 31.8. The van der Waals surface area contributed by atoms with Crippen LogP contribution in [0, 0.1) is 10.8 Å². The Morgan fingerprint density at radius 3 is 1.03 bits per heavy atom. The van der Waals surface area contributed by atoms with E-state index < -0.39 is 0 Å². The number of rotatable bonds is 25. The molecule has 0 atom stereocenters. The van der Waals surface area contributed by atoms with Gasteiger partial charge in [0, 0.05) is 6.54 Å². The Balaban J connectivity index is 1.38. The third-order valence-corrected chi connectivity index (χ3v) is 13.5. The lowest BCUT2D eigenvalue weighted by Gasteiger charge is -2.36. The van der Waals surface area contributed by atoms with Gasteiger partial charge in [-0.1, -0.05) is 197 Å². The Bertz CT molecular complexity index is 2280. The van der Waals surface area contributed by atoms with Crippen molar-refractivity contribution in [1.82, 2.24) is 30.0 Å². The van der Waals surface area contributed by atoms with Gasteiger partial charge in [0.1, 0.15) is 33.4 Å². The van der Waals surface area contributed by atoms with Crippen LogP contribution in [0.5, 0.6) is 11.5 Å². The van der Waals surface area contributed by atoms with E-state index in [1.54, 1.807) is 9.59 Å². The summed E-state index contributed by atoms with van der Waals surface area (Å²) in [6.45, 7) is 25.7. The van der Waals surface area contributed by atoms with Crippen molar-refractivity contribution >= 4 is 33.4 Å². The molecule has 2 aromatic heterocycles. The van der Waals surface area contributed by atoms with E-state index in [9.17, 15) is 10.2 Å². The molecule has 9 nitrogen and oxygen atoms in total. The molecule has 0 aliphatic carbocycles. The number of unbranched alkanes of at least 4 members (excludes halogenated alkanes) is 15. The molecular formula is C58H85N7O2. The Hall–Kier alpha value is -4.92. The predicted octanol–water partition coefficient (Wildman–Crippen LogP) is 16.4. The largest absolute Gasteiger partial charge is 0.504 e. The summed E-state index contributed by atoms with van der Waals surface area (Å²) in [6, 6.07) is 24.0. The van der Waals surface area contributed by atoms with Gasteiger partial charge in [0.25, 0.3) is 0 Å². The molecule has 0 fully saturated rings. The molecule has 0 aliphatic heterocycles. The third kappa shape index (κ3) is 14.1. The molecule has 2 heterocycles. The molecule has 4 aromatic carbocycles. The molecule has 0 saturated carbocycles. The van der Waals surface area contributed by atoms with E-state index in [0.29, 0.717) is 29.3 Å². The fourth-order valence-electron chi connectivity index (χ4n) is 10.7. The maximum absolute atomic E-state index is 12.8. The van der Waals surface area contributed by atoms with Gasteiger partial charge in [-0.05, 0) is 101 Å². The highest BCUT2D eigenvalue weighted by atomic mass is 16.3. The number of anilines is 2. The molecule has 0 radical (unpaired) electrons. The molecule has 0 bridgehead atoms. The summed E-state index contributed by atoms with van der Waals surface area (Å²) in [5, 5.41) is 45.1. The summed E-state index contributed by atoms with van der Waals surface area (Å²) in [5.41, 5.74) is 6.87. The van der Waals surface area contributed by atoms with Gasteiger partial charge >= 0.3 is 0 Å². The molecule has 6 rings (SSSR count). The summed E-state index contributed by atoms with van der Waals surface area (Å²) < 4.78 is 0. The lowest BCUT2D eigenvalue weighted by molar-refractivity contribution is 0.283. The highest BCUT2D eigenvalue weighted by Crippen LogP contribution is 2.49. The van der Waals surface area contributed by atoms with Gasteiger partial charge in [-0.15, -0.1) is 30.0 Å². The standard InChI is InChI=1S/C58H85N7O2/c1-12-13-14-15-16-17-18-19-20-21-22-23-24-25-26-31-36-63(49-37-43(57(8,9)41-55(2,3)4)39-51(53(49)66)64-59-45-32-27-28-33-46(45)60-64)50-38-44(58(10,11)42-56(5,6)7)40-52(54(50)67)65-61-47-34-29-30-35-48(47)62-65/h27-30,32-35,37-40,66-67H,12-26,31,36,41-42H2,1-11H3. The molecular weight excluding hydrogens is 827 g/mol. The van der Waals surface area contributed by atoms with Crippen molar-refractivity contribution in [3.05, 3.63) is 83.9 Å². The van der Waals surface area contributed by atoms with E-state index in [1.165, 1.54) is 83.5 Å². The Morgan fingerprint density at radius 1 is 0.433 bits per heavy atom. The zero-order valence-electron chi connectivity index (χ0n) is 43.4. The van der Waals surface area contributed by atoms with Crippen LogP contribution in [0.4, 0.5) is 11.4 Å². The minimum absolute atomic E-state index is 0.0357. The van der Waals surface area contributed by atoms with E-state index in [4.69, 9.17) is 20.4 Å². The lowest BCUT2D eigenvalue weighted by atomic mass is 9.72. The van der Waals surface area contributed by atoms with Crippen molar-refractivity contribution in [2.75, 3.05) is 11.4 Å². The molecule has 364 valence electrons. The maximum atomic E-state index is 12.8. The molecule has 2 N–H and O–H groups in total. The number of aromatic hydroxyl groups is 2. The van der Waals surface area contributed by atoms with Gasteiger partial charge in [-0.2, -0.15) is 0 Å². The number of nitrogens with zero attached hydrogens (tertiary/aromatic N) is 7. The fraction of sp³-hybridized carbons (Fsp3) is 0.586. The Morgan fingerprint density at radius 2 is 0.731 bits per heavy atom. The van der Waals surface area contributed by atoms with E-state index in [2.05, 4.69) is 105 Å². The highest BCUT2D eigenvalue weighted by molar-refractivity contribution is 5.82. The summed E-state index contributed by atoms with van der Waals surface area (Å²) in [6.07, 6.45) is 22.4. The normalized spacial score (nSPS) is 12.8. The van der Waals surface area contributed by atoms with Crippen LogP contribution in [0.3, 0.4) is 0 Å². The van der Waals surface area contributed by atoms with E-state index in [0.717, 1.165) is 65.3 Å². The number of phenolic OH excluding ortho intramolecular Hbond substituents is 2. The van der Waals surface area contributed by atoms with Crippen molar-refractivity contribution < 1.29 is 10.2 Å². The zero-order chi connectivity index (χ0) is 48.4. The summed E-state index contributed by atoms with van der Waals surface area (Å²) in [7, 11) is 0. The van der Waals surface area contributed by atoms with E-state index in [-0.39, 0.29) is 33.2 Å². The van der Waals surface area contributed by atoms with Crippen LogP contribution in [0.15, 0.2) is 72.8 Å². The maximum Gasteiger partial charge on any atom is 0.167 e. The second kappa shape index (κ2) is 22.5. The first kappa shape index (κ1) is 51.5. The molecule has 0 saturated heterocycles. The molecule has 9 heteroatoms. The number of hydrogen-bond acceptors (Lipinski definition) is 7. The van der Waals surface area contributed by atoms with Crippen LogP contribution in [0.2, 0.25) is 0 Å². The SMILES string of the molecule is CCCCCCCCCCCCCCCCCCN(c1cc(C(C)(C)CC(C)(C)C)cc(-n2nc3ccccc3n2)c1O)c1cc(C(C)(C)CC(C)(C)C)cc(-n2nc3ccccc3n2)c1O. The average molecular weight is 912 g/mol. The first-order valence-corrected chi connectivity index (χ1v) is 25.9. The van der Waals surface area contributed by atoms with E-state index >= 15 is 0 Å². The number of aromatic nitrogens is 6. The van der Waals surface area contributed by atoms with Crippen LogP contribution in [-0.2, 0) is 10.8 Å². The average Bonchev–Trinajstić information content (AvgIpc) is 3.88. The quantitative estimate of drug-likeness (QED) is 0.0551. The van der Waals surface area contributed by atoms with Crippen molar-refractivity contribution in [2.24, 2.45) is 10.8 Å². The van der Waals surface area contributed by atoms with E-state index in [1.807, 2.05) is 48.5 Å². The lowest BCUT2D eigenvalue weighted by Crippen LogP contribution is -2.27. The number of benzene rings is 4. The molecule has 67 heavy (non-hydrogen) atoms. The van der Waals surface area contributed by atoms with Gasteiger partial charge in [0.2, 0.25) is 0 Å². The summed E-state index contributed by atoms with van der Waals surface area (Å²) in [5.74, 6) is 0.130. The van der Waals surface area contributed by atoms with Crippen LogP contribution in [0.25, 0.3) is 33.4 Å². The minimum Gasteiger partial charge on any atom is -0.504 e. The predicted molar refractivity (Wildman–Crippen MR) is 282 cm³/mol. The summed E-state index contributed by atoms with van der Waals surface area (Å²) in [4.78, 5) is 5.32. The molecule has 0 amide bonds. The summed E-state index contributed by atoms with van der Waals surface area (Å²) >= 11 is 0. The van der Waals surface area contributed by atoms with Crippen LogP contribution in [0.1, 0.15) is 203 Å². The van der Waals surface area contributed by atoms with Crippen molar-refractivity contribution in [3.8, 4) is 22.9 Å². The molecule has 0 spiro atoms. The number of phenols is 2. The second-order valence-electron chi connectivity index (χ2n) is 23.4. The van der Waals surface area contributed by atoms with Crippen molar-refractivity contribution in [2.45, 2.75) is 203 Å². The smallest absolute Gasteiger partial charge is 0.167 e. The van der Waals surface area contributed by atoms with Crippen LogP contribution >= 0.6 is 0 Å². The minimum atomic E-state index is -0.287. The fourth-order valence-corrected chi connectivity index (χ4v) is 10.7. The monoisotopic (exact) mass is 912 g/mol. The molecule has 6 aromatic rings. The van der Waals surface area contributed by atoms with Gasteiger partial charge in [0.05, 0.1) is 11.4 Å². The highest BCUT2D eigenvalue weighted by Gasteiger charge is 2.34. The van der Waals surface area contributed by atoms with Gasteiger partial charge in [0.15, 0.2) is 11.5 Å². The van der Waals surface area contributed by atoms with Crippen LogP contribution < -0.4 is 4.90 Å². The van der Waals surface area contributed by atoms with Gasteiger partial charge < -0.3 is 15.1 Å². The van der Waals surface area contributed by atoms with Crippen molar-refractivity contribution in [1.29, 1.82) is 0 Å². The number of fused-ring (bicyclic) bond motifs is 2. The Labute approximate surface area is 403 Å². The molecule has 0 aliphatic rings. The topological polar surface area (TPSA) is 105 Å². The third-order valence-electron chi connectivity index (χ3n) is 13.5. The molecule has 0 unspecified atom stereocenters. The van der Waals surface area contributed by atoms with Crippen molar-refractivity contribution in [3.63, 3.8) is 0 Å². The van der Waals surface area contributed by atoms with Crippen LogP contribution in [-0.4, -0.2) is 46.7 Å². The van der Waals surface area contributed by atoms with Gasteiger partial charge in [-0.25, -0.2) is 0 Å². The Kier molecular flexibility index (Phi) is 17.3. The zero-order valence-corrected chi connectivity index (χ0v) is 43.4.